The van der Waals surface area contributed by atoms with Gasteiger partial charge in [0.1, 0.15) is 4.90 Å². The van der Waals surface area contributed by atoms with Crippen molar-refractivity contribution in [3.63, 3.8) is 0 Å². The first kappa shape index (κ1) is 14.4. The van der Waals surface area contributed by atoms with Gasteiger partial charge in [-0.2, -0.15) is 4.31 Å². The van der Waals surface area contributed by atoms with Crippen molar-refractivity contribution in [3.05, 3.63) is 23.5 Å². The highest BCUT2D eigenvalue weighted by atomic mass is 35.5. The van der Waals surface area contributed by atoms with Crippen molar-refractivity contribution < 1.29 is 8.42 Å². The Labute approximate surface area is 108 Å². The van der Waals surface area contributed by atoms with E-state index in [1.54, 1.807) is 0 Å². The van der Waals surface area contributed by atoms with E-state index in [1.807, 2.05) is 20.8 Å². The van der Waals surface area contributed by atoms with E-state index in [0.717, 1.165) is 6.42 Å². The highest BCUT2D eigenvalue weighted by molar-refractivity contribution is 7.89. The Bertz CT molecular complexity index is 474. The lowest BCUT2D eigenvalue weighted by Gasteiger charge is -2.25. The number of pyridine rings is 1. The van der Waals surface area contributed by atoms with Crippen LogP contribution < -0.4 is 0 Å². The molecule has 0 radical (unpaired) electrons. The Morgan fingerprint density at radius 3 is 2.59 bits per heavy atom. The van der Waals surface area contributed by atoms with Gasteiger partial charge in [-0.3, -0.25) is 4.98 Å². The highest BCUT2D eigenvalue weighted by Crippen LogP contribution is 2.24. The molecular formula is C11H17ClN2O2S. The number of hydrogen-bond acceptors (Lipinski definition) is 3. The summed E-state index contributed by atoms with van der Waals surface area (Å²) in [6, 6.07) is 1.38. The van der Waals surface area contributed by atoms with Crippen LogP contribution in [0, 0.1) is 0 Å². The lowest BCUT2D eigenvalue weighted by atomic mass is 10.4. The SMILES string of the molecule is CCCN(C(C)C)S(=O)(=O)c1cnccc1Cl. The Morgan fingerprint density at radius 1 is 1.47 bits per heavy atom. The molecule has 0 fully saturated rings. The molecule has 0 aliphatic carbocycles. The molecule has 0 unspecified atom stereocenters. The molecule has 0 aliphatic rings. The van der Waals surface area contributed by atoms with E-state index in [2.05, 4.69) is 4.98 Å². The van der Waals surface area contributed by atoms with Crippen LogP contribution in [0.25, 0.3) is 0 Å². The molecule has 0 atom stereocenters. The molecule has 0 saturated carbocycles. The Kier molecular flexibility index (Phi) is 4.91. The zero-order valence-corrected chi connectivity index (χ0v) is 11.8. The van der Waals surface area contributed by atoms with Crippen molar-refractivity contribution in [2.45, 2.75) is 38.1 Å². The molecule has 0 aromatic carbocycles. The van der Waals surface area contributed by atoms with Gasteiger partial charge in [0.05, 0.1) is 5.02 Å². The molecule has 1 heterocycles. The quantitative estimate of drug-likeness (QED) is 0.830. The number of nitrogens with zero attached hydrogens (tertiary/aromatic N) is 2. The normalized spacial score (nSPS) is 12.4. The number of halogens is 1. The number of rotatable bonds is 5. The zero-order valence-electron chi connectivity index (χ0n) is 10.2. The Morgan fingerprint density at radius 2 is 2.12 bits per heavy atom. The van der Waals surface area contributed by atoms with Crippen molar-refractivity contribution in [2.75, 3.05) is 6.54 Å². The molecule has 4 nitrogen and oxygen atoms in total. The van der Waals surface area contributed by atoms with E-state index < -0.39 is 10.0 Å². The Balaban J connectivity index is 3.22. The molecule has 0 spiro atoms. The Hall–Kier alpha value is -0.650. The molecule has 96 valence electrons. The van der Waals surface area contributed by atoms with Gasteiger partial charge in [-0.05, 0) is 26.3 Å². The molecule has 0 bridgehead atoms. The topological polar surface area (TPSA) is 50.3 Å². The third-order valence-corrected chi connectivity index (χ3v) is 4.89. The number of hydrogen-bond donors (Lipinski definition) is 0. The van der Waals surface area contributed by atoms with E-state index in [1.165, 1.54) is 22.8 Å². The van der Waals surface area contributed by atoms with E-state index in [4.69, 9.17) is 11.6 Å². The maximum atomic E-state index is 12.4. The number of aromatic nitrogens is 1. The van der Waals surface area contributed by atoms with Crippen molar-refractivity contribution in [2.24, 2.45) is 0 Å². The molecule has 0 amide bonds. The predicted molar refractivity (Wildman–Crippen MR) is 68.6 cm³/mol. The van der Waals surface area contributed by atoms with Crippen LogP contribution in [0.3, 0.4) is 0 Å². The highest BCUT2D eigenvalue weighted by Gasteiger charge is 2.28. The van der Waals surface area contributed by atoms with Gasteiger partial charge >= 0.3 is 0 Å². The second-order valence-electron chi connectivity index (χ2n) is 4.02. The average Bonchev–Trinajstić information content (AvgIpc) is 2.25. The summed E-state index contributed by atoms with van der Waals surface area (Å²) in [5.74, 6) is 0. The van der Waals surface area contributed by atoms with Crippen molar-refractivity contribution in [3.8, 4) is 0 Å². The summed E-state index contributed by atoms with van der Waals surface area (Å²) >= 11 is 5.91. The lowest BCUT2D eigenvalue weighted by Crippen LogP contribution is -2.37. The molecule has 1 aromatic heterocycles. The fourth-order valence-corrected chi connectivity index (χ4v) is 3.69. The molecule has 0 aliphatic heterocycles. The third kappa shape index (κ3) is 3.18. The van der Waals surface area contributed by atoms with E-state index >= 15 is 0 Å². The molecule has 0 saturated heterocycles. The first-order valence-corrected chi connectivity index (χ1v) is 7.34. The van der Waals surface area contributed by atoms with Gasteiger partial charge in [0.2, 0.25) is 10.0 Å². The predicted octanol–water partition coefficient (Wildman–Crippen LogP) is 2.54. The fraction of sp³-hybridized carbons (Fsp3) is 0.545. The van der Waals surface area contributed by atoms with Crippen molar-refractivity contribution in [1.82, 2.24) is 9.29 Å². The zero-order chi connectivity index (χ0) is 13.1. The maximum Gasteiger partial charge on any atom is 0.246 e. The van der Waals surface area contributed by atoms with Crippen LogP contribution in [-0.4, -0.2) is 30.3 Å². The standard InChI is InChI=1S/C11H17ClN2O2S/c1-4-7-14(9(2)3)17(15,16)11-8-13-6-5-10(11)12/h5-6,8-9H,4,7H2,1-3H3. The van der Waals surface area contributed by atoms with E-state index in [0.29, 0.717) is 6.54 Å². The molecule has 6 heteroatoms. The fourth-order valence-electron chi connectivity index (χ4n) is 1.56. The first-order valence-electron chi connectivity index (χ1n) is 5.52. The first-order chi connectivity index (χ1) is 7.91. The van der Waals surface area contributed by atoms with Crippen LogP contribution in [-0.2, 0) is 10.0 Å². The van der Waals surface area contributed by atoms with Crippen LogP contribution in [0.2, 0.25) is 5.02 Å². The van der Waals surface area contributed by atoms with Crippen LogP contribution in [0.5, 0.6) is 0 Å². The second kappa shape index (κ2) is 5.80. The smallest absolute Gasteiger partial charge is 0.246 e. The average molecular weight is 277 g/mol. The summed E-state index contributed by atoms with van der Waals surface area (Å²) in [6.45, 7) is 6.11. The van der Waals surface area contributed by atoms with Gasteiger partial charge in [0.25, 0.3) is 0 Å². The molecule has 1 aromatic rings. The second-order valence-corrected chi connectivity index (χ2v) is 6.28. The summed E-state index contributed by atoms with van der Waals surface area (Å²) < 4.78 is 26.2. The monoisotopic (exact) mass is 276 g/mol. The van der Waals surface area contributed by atoms with Gasteiger partial charge in [-0.25, -0.2) is 8.42 Å². The lowest BCUT2D eigenvalue weighted by molar-refractivity contribution is 0.354. The van der Waals surface area contributed by atoms with Crippen LogP contribution in [0.15, 0.2) is 23.4 Å². The van der Waals surface area contributed by atoms with Gasteiger partial charge in [-0.1, -0.05) is 18.5 Å². The van der Waals surface area contributed by atoms with Crippen LogP contribution in [0.4, 0.5) is 0 Å². The van der Waals surface area contributed by atoms with Crippen LogP contribution in [0.1, 0.15) is 27.2 Å². The van der Waals surface area contributed by atoms with Crippen molar-refractivity contribution in [1.29, 1.82) is 0 Å². The van der Waals surface area contributed by atoms with E-state index in [9.17, 15) is 8.42 Å². The summed E-state index contributed by atoms with van der Waals surface area (Å²) in [6.07, 6.45) is 3.53. The minimum Gasteiger partial charge on any atom is -0.263 e. The summed E-state index contributed by atoms with van der Waals surface area (Å²) in [4.78, 5) is 3.90. The largest absolute Gasteiger partial charge is 0.263 e. The third-order valence-electron chi connectivity index (χ3n) is 2.34. The summed E-state index contributed by atoms with van der Waals surface area (Å²) in [5, 5.41) is 0.210. The summed E-state index contributed by atoms with van der Waals surface area (Å²) in [7, 11) is -3.55. The molecular weight excluding hydrogens is 260 g/mol. The minimum atomic E-state index is -3.55. The van der Waals surface area contributed by atoms with Gasteiger partial charge in [0.15, 0.2) is 0 Å². The maximum absolute atomic E-state index is 12.4. The molecule has 17 heavy (non-hydrogen) atoms. The van der Waals surface area contributed by atoms with E-state index in [-0.39, 0.29) is 16.0 Å². The minimum absolute atomic E-state index is 0.0730. The van der Waals surface area contributed by atoms with Crippen molar-refractivity contribution >= 4 is 21.6 Å². The van der Waals surface area contributed by atoms with Crippen LogP contribution >= 0.6 is 11.6 Å². The van der Waals surface area contributed by atoms with Gasteiger partial charge in [-0.15, -0.1) is 0 Å². The van der Waals surface area contributed by atoms with Gasteiger partial charge in [0, 0.05) is 25.0 Å². The molecule has 1 rings (SSSR count). The van der Waals surface area contributed by atoms with Gasteiger partial charge < -0.3 is 0 Å². The summed E-state index contributed by atoms with van der Waals surface area (Å²) in [5.41, 5.74) is 0. The number of sulfonamides is 1. The molecule has 0 N–H and O–H groups in total.